The Labute approximate surface area is 123 Å². The molecular formula is C16H20N2OS. The predicted octanol–water partition coefficient (Wildman–Crippen LogP) is 2.91. The molecule has 0 fully saturated rings. The second kappa shape index (κ2) is 5.85. The number of fused-ring (bicyclic) bond motifs is 1. The fourth-order valence-electron chi connectivity index (χ4n) is 2.21. The molecule has 0 aromatic heterocycles. The quantitative estimate of drug-likeness (QED) is 0.831. The Kier molecular flexibility index (Phi) is 4.35. The van der Waals surface area contributed by atoms with Crippen molar-refractivity contribution in [1.29, 1.82) is 0 Å². The van der Waals surface area contributed by atoms with Crippen LogP contribution in [0.25, 0.3) is 10.8 Å². The number of thioether (sulfide) groups is 1. The summed E-state index contributed by atoms with van der Waals surface area (Å²) < 4.78 is 0. The SMILES string of the molecule is CC(CC(C)(N)C(N)=O)Sc1ccc2ccccc2c1. The minimum absolute atomic E-state index is 0.221. The van der Waals surface area contributed by atoms with Gasteiger partial charge in [-0.05, 0) is 36.2 Å². The smallest absolute Gasteiger partial charge is 0.237 e. The van der Waals surface area contributed by atoms with Crippen LogP contribution in [-0.2, 0) is 4.79 Å². The summed E-state index contributed by atoms with van der Waals surface area (Å²) in [5, 5.41) is 2.67. The van der Waals surface area contributed by atoms with Crippen LogP contribution >= 0.6 is 11.8 Å². The van der Waals surface area contributed by atoms with Crippen molar-refractivity contribution in [1.82, 2.24) is 0 Å². The van der Waals surface area contributed by atoms with E-state index in [0.29, 0.717) is 6.42 Å². The summed E-state index contributed by atoms with van der Waals surface area (Å²) in [6, 6.07) is 14.6. The van der Waals surface area contributed by atoms with E-state index in [4.69, 9.17) is 11.5 Å². The molecule has 0 saturated carbocycles. The molecular weight excluding hydrogens is 268 g/mol. The Balaban J connectivity index is 2.10. The van der Waals surface area contributed by atoms with Gasteiger partial charge in [0.1, 0.15) is 0 Å². The Morgan fingerprint density at radius 1 is 1.25 bits per heavy atom. The molecule has 0 aliphatic carbocycles. The number of benzene rings is 2. The Morgan fingerprint density at radius 2 is 1.90 bits per heavy atom. The molecule has 2 aromatic carbocycles. The molecule has 2 unspecified atom stereocenters. The topological polar surface area (TPSA) is 69.1 Å². The number of carbonyl (C=O) groups excluding carboxylic acids is 1. The van der Waals surface area contributed by atoms with Gasteiger partial charge in [-0.1, -0.05) is 37.3 Å². The molecule has 20 heavy (non-hydrogen) atoms. The van der Waals surface area contributed by atoms with E-state index < -0.39 is 11.4 Å². The van der Waals surface area contributed by atoms with Gasteiger partial charge in [-0.3, -0.25) is 4.79 Å². The third kappa shape index (κ3) is 3.52. The van der Waals surface area contributed by atoms with Gasteiger partial charge in [0, 0.05) is 10.1 Å². The van der Waals surface area contributed by atoms with Crippen LogP contribution in [-0.4, -0.2) is 16.7 Å². The van der Waals surface area contributed by atoms with Gasteiger partial charge in [-0.25, -0.2) is 0 Å². The molecule has 0 aliphatic rings. The highest BCUT2D eigenvalue weighted by molar-refractivity contribution is 8.00. The maximum absolute atomic E-state index is 11.3. The first kappa shape index (κ1) is 14.9. The van der Waals surface area contributed by atoms with Gasteiger partial charge >= 0.3 is 0 Å². The van der Waals surface area contributed by atoms with Crippen LogP contribution in [0.2, 0.25) is 0 Å². The number of amides is 1. The Bertz CT molecular complexity index is 625. The minimum Gasteiger partial charge on any atom is -0.368 e. The fourth-order valence-corrected chi connectivity index (χ4v) is 3.45. The summed E-state index contributed by atoms with van der Waals surface area (Å²) in [6.07, 6.45) is 0.555. The van der Waals surface area contributed by atoms with Crippen molar-refractivity contribution in [2.24, 2.45) is 11.5 Å². The van der Waals surface area contributed by atoms with Gasteiger partial charge in [-0.2, -0.15) is 0 Å². The highest BCUT2D eigenvalue weighted by Gasteiger charge is 2.28. The summed E-state index contributed by atoms with van der Waals surface area (Å²) in [6.45, 7) is 3.75. The largest absolute Gasteiger partial charge is 0.368 e. The summed E-state index contributed by atoms with van der Waals surface area (Å²) in [5.74, 6) is -0.455. The van der Waals surface area contributed by atoms with Crippen molar-refractivity contribution in [3.05, 3.63) is 42.5 Å². The molecule has 2 aromatic rings. The zero-order valence-electron chi connectivity index (χ0n) is 11.8. The first-order chi connectivity index (χ1) is 9.38. The summed E-state index contributed by atoms with van der Waals surface area (Å²) >= 11 is 1.71. The second-order valence-electron chi connectivity index (χ2n) is 5.42. The highest BCUT2D eigenvalue weighted by Crippen LogP contribution is 2.30. The van der Waals surface area contributed by atoms with Crippen molar-refractivity contribution < 1.29 is 4.79 Å². The van der Waals surface area contributed by atoms with Crippen molar-refractivity contribution >= 4 is 28.4 Å². The third-order valence-electron chi connectivity index (χ3n) is 3.33. The van der Waals surface area contributed by atoms with Gasteiger partial charge in [0.2, 0.25) is 5.91 Å². The molecule has 0 heterocycles. The number of carbonyl (C=O) groups is 1. The van der Waals surface area contributed by atoms with Crippen molar-refractivity contribution in [3.8, 4) is 0 Å². The Hall–Kier alpha value is -1.52. The number of primary amides is 1. The molecule has 0 radical (unpaired) electrons. The first-order valence-electron chi connectivity index (χ1n) is 6.63. The van der Waals surface area contributed by atoms with Crippen LogP contribution in [0, 0.1) is 0 Å². The third-order valence-corrected chi connectivity index (χ3v) is 4.43. The zero-order chi connectivity index (χ0) is 14.8. The monoisotopic (exact) mass is 288 g/mol. The van der Waals surface area contributed by atoms with Crippen LogP contribution in [0.4, 0.5) is 0 Å². The van der Waals surface area contributed by atoms with Gasteiger partial charge in [-0.15, -0.1) is 11.8 Å². The van der Waals surface area contributed by atoms with E-state index in [0.717, 1.165) is 0 Å². The maximum Gasteiger partial charge on any atom is 0.237 e. The molecule has 4 heteroatoms. The molecule has 0 bridgehead atoms. The van der Waals surface area contributed by atoms with E-state index in [-0.39, 0.29) is 5.25 Å². The van der Waals surface area contributed by atoms with E-state index in [1.165, 1.54) is 15.7 Å². The van der Waals surface area contributed by atoms with Crippen molar-refractivity contribution in [3.63, 3.8) is 0 Å². The van der Waals surface area contributed by atoms with E-state index in [9.17, 15) is 4.79 Å². The lowest BCUT2D eigenvalue weighted by Gasteiger charge is -2.24. The normalized spacial score (nSPS) is 15.8. The van der Waals surface area contributed by atoms with E-state index >= 15 is 0 Å². The molecule has 0 spiro atoms. The van der Waals surface area contributed by atoms with E-state index in [1.54, 1.807) is 18.7 Å². The first-order valence-corrected chi connectivity index (χ1v) is 7.51. The zero-order valence-corrected chi connectivity index (χ0v) is 12.6. The molecule has 1 amide bonds. The molecule has 106 valence electrons. The second-order valence-corrected chi connectivity index (χ2v) is 6.94. The maximum atomic E-state index is 11.3. The van der Waals surface area contributed by atoms with Gasteiger partial charge in [0.15, 0.2) is 0 Å². The molecule has 2 rings (SSSR count). The lowest BCUT2D eigenvalue weighted by atomic mass is 9.97. The van der Waals surface area contributed by atoms with Crippen molar-refractivity contribution in [2.45, 2.75) is 36.0 Å². The van der Waals surface area contributed by atoms with Crippen LogP contribution in [0.3, 0.4) is 0 Å². The number of nitrogens with two attached hydrogens (primary N) is 2. The number of hydrogen-bond acceptors (Lipinski definition) is 3. The number of hydrogen-bond donors (Lipinski definition) is 2. The molecule has 0 aliphatic heterocycles. The summed E-state index contributed by atoms with van der Waals surface area (Å²) in [7, 11) is 0. The standard InChI is InChI=1S/C16H20N2OS/c1-11(10-16(2,18)15(17)19)20-14-8-7-12-5-3-4-6-13(12)9-14/h3-9,11H,10,18H2,1-2H3,(H2,17,19). The summed E-state index contributed by atoms with van der Waals surface area (Å²) in [5.41, 5.74) is 10.3. The van der Waals surface area contributed by atoms with Crippen molar-refractivity contribution in [2.75, 3.05) is 0 Å². The van der Waals surface area contributed by atoms with Crippen LogP contribution in [0.15, 0.2) is 47.4 Å². The van der Waals surface area contributed by atoms with Crippen LogP contribution < -0.4 is 11.5 Å². The molecule has 2 atom stereocenters. The van der Waals surface area contributed by atoms with Gasteiger partial charge in [0.25, 0.3) is 0 Å². The van der Waals surface area contributed by atoms with Crippen LogP contribution in [0.5, 0.6) is 0 Å². The molecule has 3 nitrogen and oxygen atoms in total. The van der Waals surface area contributed by atoms with E-state index in [1.807, 2.05) is 12.1 Å². The Morgan fingerprint density at radius 3 is 2.55 bits per heavy atom. The average molecular weight is 288 g/mol. The fraction of sp³-hybridized carbons (Fsp3) is 0.312. The van der Waals surface area contributed by atoms with Gasteiger partial charge in [0.05, 0.1) is 5.54 Å². The number of rotatable bonds is 5. The van der Waals surface area contributed by atoms with Gasteiger partial charge < -0.3 is 11.5 Å². The van der Waals surface area contributed by atoms with E-state index in [2.05, 4.69) is 37.3 Å². The lowest BCUT2D eigenvalue weighted by Crippen LogP contribution is -2.50. The minimum atomic E-state index is -0.955. The lowest BCUT2D eigenvalue weighted by molar-refractivity contribution is -0.122. The molecule has 0 saturated heterocycles. The summed E-state index contributed by atoms with van der Waals surface area (Å²) in [4.78, 5) is 12.4. The van der Waals surface area contributed by atoms with Crippen LogP contribution in [0.1, 0.15) is 20.3 Å². The highest BCUT2D eigenvalue weighted by atomic mass is 32.2. The average Bonchev–Trinajstić information content (AvgIpc) is 2.37. The predicted molar refractivity (Wildman–Crippen MR) is 85.7 cm³/mol. The molecule has 4 N–H and O–H groups in total.